The first-order valence-corrected chi connectivity index (χ1v) is 7.65. The van der Waals surface area contributed by atoms with Crippen LogP contribution in [0.5, 0.6) is 0 Å². The minimum absolute atomic E-state index is 0.248. The van der Waals surface area contributed by atoms with Crippen molar-refractivity contribution < 1.29 is 0 Å². The molecule has 5 aromatic rings. The van der Waals surface area contributed by atoms with E-state index >= 15 is 0 Å². The third-order valence-electron chi connectivity index (χ3n) is 4.45. The molecule has 24 heavy (non-hydrogen) atoms. The van der Waals surface area contributed by atoms with Gasteiger partial charge in [-0.3, -0.25) is 4.79 Å². The molecule has 0 aliphatic rings. The van der Waals surface area contributed by atoms with Gasteiger partial charge in [-0.25, -0.2) is 9.73 Å². The average Bonchev–Trinajstić information content (AvgIpc) is 3.16. The lowest BCUT2D eigenvalue weighted by atomic mass is 10.1. The maximum atomic E-state index is 12.7. The summed E-state index contributed by atoms with van der Waals surface area (Å²) in [5, 5.41) is 8.41. The van der Waals surface area contributed by atoms with Crippen LogP contribution in [0.1, 0.15) is 0 Å². The standard InChI is InChI=1S/C18H13N5O/c1-22-13-10-6-5-9-12(13)15-16(22)18(24)19-17-14(20-21-23(15)17)11-7-3-2-4-8-11/h2-10,21H,1H3. The first kappa shape index (κ1) is 13.1. The van der Waals surface area contributed by atoms with Crippen LogP contribution in [-0.4, -0.2) is 24.4 Å². The van der Waals surface area contributed by atoms with Crippen molar-refractivity contribution in [3.05, 3.63) is 65.0 Å². The van der Waals surface area contributed by atoms with Gasteiger partial charge < -0.3 is 4.57 Å². The normalized spacial score (nSPS) is 11.7. The Hall–Kier alpha value is -3.41. The molecule has 3 aromatic heterocycles. The van der Waals surface area contributed by atoms with Crippen molar-refractivity contribution in [1.29, 1.82) is 0 Å². The zero-order chi connectivity index (χ0) is 16.3. The topological polar surface area (TPSA) is 68.0 Å². The van der Waals surface area contributed by atoms with Gasteiger partial charge in [-0.05, 0) is 6.07 Å². The highest BCUT2D eigenvalue weighted by Gasteiger charge is 2.19. The lowest BCUT2D eigenvalue weighted by molar-refractivity contribution is 0.872. The predicted octanol–water partition coefficient (Wildman–Crippen LogP) is 2.73. The predicted molar refractivity (Wildman–Crippen MR) is 93.0 cm³/mol. The molecule has 3 heterocycles. The molecule has 0 atom stereocenters. The van der Waals surface area contributed by atoms with Gasteiger partial charge in [0.2, 0.25) is 0 Å². The monoisotopic (exact) mass is 315 g/mol. The minimum atomic E-state index is -0.248. The van der Waals surface area contributed by atoms with Crippen LogP contribution in [0.3, 0.4) is 0 Å². The third kappa shape index (κ3) is 1.57. The molecule has 0 amide bonds. The Bertz CT molecular complexity index is 1280. The summed E-state index contributed by atoms with van der Waals surface area (Å²) >= 11 is 0. The number of aromatic amines is 1. The van der Waals surface area contributed by atoms with Crippen molar-refractivity contribution in [3.8, 4) is 11.3 Å². The molecule has 0 aliphatic carbocycles. The van der Waals surface area contributed by atoms with E-state index in [9.17, 15) is 4.79 Å². The lowest BCUT2D eigenvalue weighted by Crippen LogP contribution is -2.12. The number of aromatic nitrogens is 5. The van der Waals surface area contributed by atoms with E-state index in [1.54, 1.807) is 4.52 Å². The molecule has 0 unspecified atom stereocenters. The Morgan fingerprint density at radius 3 is 2.54 bits per heavy atom. The summed E-state index contributed by atoms with van der Waals surface area (Å²) < 4.78 is 3.68. The highest BCUT2D eigenvalue weighted by Crippen LogP contribution is 2.28. The van der Waals surface area contributed by atoms with Crippen LogP contribution in [0.4, 0.5) is 0 Å². The van der Waals surface area contributed by atoms with Crippen LogP contribution in [-0.2, 0) is 7.05 Å². The highest BCUT2D eigenvalue weighted by molar-refractivity contribution is 6.06. The van der Waals surface area contributed by atoms with Crippen LogP contribution in [0.15, 0.2) is 59.4 Å². The molecule has 6 heteroatoms. The maximum absolute atomic E-state index is 12.7. The van der Waals surface area contributed by atoms with Crippen molar-refractivity contribution in [2.24, 2.45) is 7.05 Å². The van der Waals surface area contributed by atoms with Crippen molar-refractivity contribution >= 4 is 27.6 Å². The van der Waals surface area contributed by atoms with E-state index in [4.69, 9.17) is 0 Å². The summed E-state index contributed by atoms with van der Waals surface area (Å²) in [5.41, 5.74) is 4.24. The van der Waals surface area contributed by atoms with Crippen LogP contribution in [0.25, 0.3) is 38.8 Å². The van der Waals surface area contributed by atoms with Crippen molar-refractivity contribution in [1.82, 2.24) is 24.4 Å². The number of H-pyrrole nitrogens is 1. The summed E-state index contributed by atoms with van der Waals surface area (Å²) in [6.45, 7) is 0. The van der Waals surface area contributed by atoms with Gasteiger partial charge in [0.25, 0.3) is 5.56 Å². The number of hydrogen-bond acceptors (Lipinski definition) is 3. The first-order chi connectivity index (χ1) is 11.8. The van der Waals surface area contributed by atoms with Gasteiger partial charge in [-0.1, -0.05) is 48.5 Å². The van der Waals surface area contributed by atoms with Crippen molar-refractivity contribution in [3.63, 3.8) is 0 Å². The molecular weight excluding hydrogens is 302 g/mol. The summed E-state index contributed by atoms with van der Waals surface area (Å²) in [5.74, 6) is 0. The Morgan fingerprint density at radius 1 is 0.958 bits per heavy atom. The molecule has 5 rings (SSSR count). The number of rotatable bonds is 1. The number of fused-ring (bicyclic) bond motifs is 5. The Balaban J connectivity index is 2.02. The molecule has 0 fully saturated rings. The summed E-state index contributed by atoms with van der Waals surface area (Å²) in [6, 6.07) is 17.7. The third-order valence-corrected chi connectivity index (χ3v) is 4.45. The largest absolute Gasteiger partial charge is 0.338 e. The fraction of sp³-hybridized carbons (Fsp3) is 0.0556. The number of hydrogen-bond donors (Lipinski definition) is 1. The van der Waals surface area contributed by atoms with Gasteiger partial charge in [0, 0.05) is 18.0 Å². The Labute approximate surface area is 136 Å². The maximum Gasteiger partial charge on any atom is 0.297 e. The zero-order valence-corrected chi connectivity index (χ0v) is 12.9. The molecule has 0 spiro atoms. The van der Waals surface area contributed by atoms with Crippen LogP contribution >= 0.6 is 0 Å². The van der Waals surface area contributed by atoms with Gasteiger partial charge in [0.15, 0.2) is 5.65 Å². The Morgan fingerprint density at radius 2 is 1.71 bits per heavy atom. The quantitative estimate of drug-likeness (QED) is 0.517. The lowest BCUT2D eigenvalue weighted by Gasteiger charge is -1.99. The molecular formula is C18H13N5O. The average molecular weight is 315 g/mol. The highest BCUT2D eigenvalue weighted by atomic mass is 16.1. The van der Waals surface area contributed by atoms with E-state index in [1.807, 2.05) is 66.2 Å². The summed E-state index contributed by atoms with van der Waals surface area (Å²) in [7, 11) is 1.88. The fourth-order valence-electron chi connectivity index (χ4n) is 3.35. The van der Waals surface area contributed by atoms with Gasteiger partial charge >= 0.3 is 0 Å². The number of benzene rings is 2. The number of aryl methyl sites for hydroxylation is 1. The first-order valence-electron chi connectivity index (χ1n) is 7.65. The van der Waals surface area contributed by atoms with Gasteiger partial charge in [0.05, 0.1) is 5.52 Å². The number of nitrogens with one attached hydrogen (secondary N) is 1. The molecule has 6 nitrogen and oxygen atoms in total. The molecule has 0 saturated carbocycles. The summed E-state index contributed by atoms with van der Waals surface area (Å²) in [6.07, 6.45) is 0. The van der Waals surface area contributed by atoms with Gasteiger partial charge in [-0.2, -0.15) is 10.1 Å². The molecule has 0 aliphatic heterocycles. The van der Waals surface area contributed by atoms with E-state index in [1.165, 1.54) is 0 Å². The molecule has 1 N–H and O–H groups in total. The van der Waals surface area contributed by atoms with Crippen molar-refractivity contribution in [2.75, 3.05) is 0 Å². The second-order valence-electron chi connectivity index (χ2n) is 5.78. The molecule has 2 aromatic carbocycles. The SMILES string of the molecule is Cn1c2ccccc2c2c1c(=O)nc1c(-c3ccccc3)n[nH]n12. The molecule has 0 saturated heterocycles. The van der Waals surface area contributed by atoms with Gasteiger partial charge in [-0.15, -0.1) is 0 Å². The fourth-order valence-corrected chi connectivity index (χ4v) is 3.35. The second-order valence-corrected chi connectivity index (χ2v) is 5.78. The van der Waals surface area contributed by atoms with Crippen molar-refractivity contribution in [2.45, 2.75) is 0 Å². The van der Waals surface area contributed by atoms with E-state index < -0.39 is 0 Å². The second kappa shape index (κ2) is 4.55. The van der Waals surface area contributed by atoms with E-state index in [2.05, 4.69) is 15.3 Å². The van der Waals surface area contributed by atoms with E-state index in [-0.39, 0.29) is 5.56 Å². The van der Waals surface area contributed by atoms with Gasteiger partial charge in [0.1, 0.15) is 16.7 Å². The van der Waals surface area contributed by atoms with E-state index in [0.717, 1.165) is 22.0 Å². The molecule has 116 valence electrons. The number of nitrogens with zero attached hydrogens (tertiary/aromatic N) is 4. The Kier molecular flexibility index (Phi) is 2.48. The smallest absolute Gasteiger partial charge is 0.297 e. The van der Waals surface area contributed by atoms with Crippen LogP contribution in [0.2, 0.25) is 0 Å². The minimum Gasteiger partial charge on any atom is -0.338 e. The van der Waals surface area contributed by atoms with E-state index in [0.29, 0.717) is 16.9 Å². The van der Waals surface area contributed by atoms with Crippen LogP contribution in [0, 0.1) is 0 Å². The van der Waals surface area contributed by atoms with Crippen LogP contribution < -0.4 is 5.56 Å². The number of para-hydroxylation sites is 1. The summed E-state index contributed by atoms with van der Waals surface area (Å²) in [4.78, 5) is 17.0. The zero-order valence-electron chi connectivity index (χ0n) is 12.9. The molecule has 0 radical (unpaired) electrons. The molecule has 0 bridgehead atoms.